The molecule has 0 aliphatic carbocycles. The summed E-state index contributed by atoms with van der Waals surface area (Å²) in [5.41, 5.74) is 2.86. The van der Waals surface area contributed by atoms with Crippen LogP contribution in [0.15, 0.2) is 24.3 Å². The van der Waals surface area contributed by atoms with Crippen LogP contribution in [0.4, 0.5) is 0 Å². The lowest BCUT2D eigenvalue weighted by atomic mass is 9.94. The Kier molecular flexibility index (Phi) is 6.90. The third kappa shape index (κ3) is 5.33. The number of nitrogens with one attached hydrogen (secondary N) is 1. The monoisotopic (exact) mass is 235 g/mol. The molecule has 1 atom stereocenters. The first-order valence-electron chi connectivity index (χ1n) is 6.52. The molecule has 0 spiro atoms. The summed E-state index contributed by atoms with van der Waals surface area (Å²) >= 11 is 0. The molecule has 1 rings (SSSR count). The molecule has 0 bridgehead atoms. The molecule has 0 aliphatic rings. The second-order valence-corrected chi connectivity index (χ2v) is 4.59. The van der Waals surface area contributed by atoms with E-state index in [1.54, 1.807) is 7.11 Å². The average Bonchev–Trinajstić information content (AvgIpc) is 2.35. The number of hydrogen-bond acceptors (Lipinski definition) is 2. The standard InChI is InChI=1S/C15H25NO/c1-4-16-12-14(9-10-17-3)11-15-8-6-5-7-13(15)2/h5-8,14,16H,4,9-12H2,1-3H3. The number of rotatable bonds is 8. The molecule has 0 saturated heterocycles. The molecule has 0 fully saturated rings. The van der Waals surface area contributed by atoms with Crippen molar-refractivity contribution in [3.8, 4) is 0 Å². The fraction of sp³-hybridized carbons (Fsp3) is 0.600. The normalized spacial score (nSPS) is 12.6. The maximum atomic E-state index is 5.19. The molecular weight excluding hydrogens is 210 g/mol. The van der Waals surface area contributed by atoms with Crippen molar-refractivity contribution in [3.63, 3.8) is 0 Å². The second-order valence-electron chi connectivity index (χ2n) is 4.59. The van der Waals surface area contributed by atoms with Crippen molar-refractivity contribution in [1.82, 2.24) is 5.32 Å². The lowest BCUT2D eigenvalue weighted by Gasteiger charge is -2.18. The predicted molar refractivity (Wildman–Crippen MR) is 73.4 cm³/mol. The number of ether oxygens (including phenoxy) is 1. The largest absolute Gasteiger partial charge is 0.385 e. The van der Waals surface area contributed by atoms with Crippen molar-refractivity contribution in [2.24, 2.45) is 5.92 Å². The molecule has 1 aromatic carbocycles. The molecule has 0 radical (unpaired) electrons. The highest BCUT2D eigenvalue weighted by atomic mass is 16.5. The molecular formula is C15H25NO. The van der Waals surface area contributed by atoms with Gasteiger partial charge in [-0.15, -0.1) is 0 Å². The van der Waals surface area contributed by atoms with Crippen molar-refractivity contribution in [1.29, 1.82) is 0 Å². The van der Waals surface area contributed by atoms with E-state index in [2.05, 4.69) is 43.4 Å². The summed E-state index contributed by atoms with van der Waals surface area (Å²) in [5, 5.41) is 3.44. The Hall–Kier alpha value is -0.860. The number of methoxy groups -OCH3 is 1. The van der Waals surface area contributed by atoms with E-state index in [0.717, 1.165) is 32.5 Å². The summed E-state index contributed by atoms with van der Waals surface area (Å²) in [6, 6.07) is 8.66. The van der Waals surface area contributed by atoms with Gasteiger partial charge < -0.3 is 10.1 Å². The Morgan fingerprint density at radius 2 is 2.06 bits per heavy atom. The molecule has 1 aromatic rings. The van der Waals surface area contributed by atoms with Gasteiger partial charge in [-0.3, -0.25) is 0 Å². The molecule has 2 nitrogen and oxygen atoms in total. The van der Waals surface area contributed by atoms with E-state index >= 15 is 0 Å². The zero-order valence-electron chi connectivity index (χ0n) is 11.3. The summed E-state index contributed by atoms with van der Waals surface area (Å²) in [5.74, 6) is 0.663. The van der Waals surface area contributed by atoms with Crippen LogP contribution in [0, 0.1) is 12.8 Å². The van der Waals surface area contributed by atoms with Crippen LogP contribution in [0.2, 0.25) is 0 Å². The minimum Gasteiger partial charge on any atom is -0.385 e. The van der Waals surface area contributed by atoms with Gasteiger partial charge in [0.15, 0.2) is 0 Å². The van der Waals surface area contributed by atoms with E-state index in [9.17, 15) is 0 Å². The van der Waals surface area contributed by atoms with E-state index in [1.807, 2.05) is 0 Å². The Labute approximate surface area is 105 Å². The summed E-state index contributed by atoms with van der Waals surface area (Å²) in [7, 11) is 1.78. The van der Waals surface area contributed by atoms with Crippen LogP contribution < -0.4 is 5.32 Å². The fourth-order valence-corrected chi connectivity index (χ4v) is 2.06. The van der Waals surface area contributed by atoms with Crippen LogP contribution in [0.5, 0.6) is 0 Å². The number of aryl methyl sites for hydroxylation is 1. The molecule has 96 valence electrons. The minimum atomic E-state index is 0.663. The fourth-order valence-electron chi connectivity index (χ4n) is 2.06. The number of hydrogen-bond donors (Lipinski definition) is 1. The SMILES string of the molecule is CCNCC(CCOC)Cc1ccccc1C. The van der Waals surface area contributed by atoms with Crippen molar-refractivity contribution < 1.29 is 4.74 Å². The maximum absolute atomic E-state index is 5.19. The molecule has 2 heteroatoms. The van der Waals surface area contributed by atoms with Crippen molar-refractivity contribution in [2.45, 2.75) is 26.7 Å². The summed E-state index contributed by atoms with van der Waals surface area (Å²) in [6.45, 7) is 7.31. The van der Waals surface area contributed by atoms with Crippen LogP contribution >= 0.6 is 0 Å². The zero-order chi connectivity index (χ0) is 12.5. The van der Waals surface area contributed by atoms with Gasteiger partial charge in [0.1, 0.15) is 0 Å². The molecule has 0 saturated carbocycles. The van der Waals surface area contributed by atoms with Gasteiger partial charge in [-0.25, -0.2) is 0 Å². The van der Waals surface area contributed by atoms with Gasteiger partial charge in [0, 0.05) is 13.7 Å². The molecule has 1 N–H and O–H groups in total. The number of benzene rings is 1. The van der Waals surface area contributed by atoms with Crippen LogP contribution in [-0.2, 0) is 11.2 Å². The zero-order valence-corrected chi connectivity index (χ0v) is 11.3. The van der Waals surface area contributed by atoms with E-state index in [1.165, 1.54) is 11.1 Å². The van der Waals surface area contributed by atoms with Gasteiger partial charge in [0.05, 0.1) is 0 Å². The van der Waals surface area contributed by atoms with E-state index in [4.69, 9.17) is 4.74 Å². The third-order valence-electron chi connectivity index (χ3n) is 3.18. The highest BCUT2D eigenvalue weighted by Gasteiger charge is 2.10. The van der Waals surface area contributed by atoms with Crippen molar-refractivity contribution in [2.75, 3.05) is 26.8 Å². The molecule has 1 unspecified atom stereocenters. The minimum absolute atomic E-state index is 0.663. The first-order chi connectivity index (χ1) is 8.27. The molecule has 0 amide bonds. The highest BCUT2D eigenvalue weighted by molar-refractivity contribution is 5.25. The van der Waals surface area contributed by atoms with Crippen LogP contribution in [0.3, 0.4) is 0 Å². The highest BCUT2D eigenvalue weighted by Crippen LogP contribution is 2.15. The Bertz CT molecular complexity index is 304. The Morgan fingerprint density at radius 1 is 1.29 bits per heavy atom. The van der Waals surface area contributed by atoms with E-state index in [0.29, 0.717) is 5.92 Å². The molecule has 0 aliphatic heterocycles. The molecule has 0 heterocycles. The quantitative estimate of drug-likeness (QED) is 0.748. The Morgan fingerprint density at radius 3 is 2.71 bits per heavy atom. The third-order valence-corrected chi connectivity index (χ3v) is 3.18. The van der Waals surface area contributed by atoms with E-state index < -0.39 is 0 Å². The van der Waals surface area contributed by atoms with E-state index in [-0.39, 0.29) is 0 Å². The lowest BCUT2D eigenvalue weighted by molar-refractivity contribution is 0.176. The molecule has 17 heavy (non-hydrogen) atoms. The smallest absolute Gasteiger partial charge is 0.0465 e. The molecule has 0 aromatic heterocycles. The lowest BCUT2D eigenvalue weighted by Crippen LogP contribution is -2.25. The first kappa shape index (κ1) is 14.2. The maximum Gasteiger partial charge on any atom is 0.0465 e. The summed E-state index contributed by atoms with van der Waals surface area (Å²) < 4.78 is 5.19. The topological polar surface area (TPSA) is 21.3 Å². The average molecular weight is 235 g/mol. The van der Waals surface area contributed by atoms with Gasteiger partial charge in [-0.05, 0) is 49.9 Å². The van der Waals surface area contributed by atoms with Gasteiger partial charge in [-0.1, -0.05) is 31.2 Å². The van der Waals surface area contributed by atoms with Gasteiger partial charge in [-0.2, -0.15) is 0 Å². The van der Waals surface area contributed by atoms with Gasteiger partial charge in [0.2, 0.25) is 0 Å². The van der Waals surface area contributed by atoms with Gasteiger partial charge in [0.25, 0.3) is 0 Å². The van der Waals surface area contributed by atoms with Crippen molar-refractivity contribution >= 4 is 0 Å². The summed E-state index contributed by atoms with van der Waals surface area (Å²) in [4.78, 5) is 0. The Balaban J connectivity index is 2.55. The predicted octanol–water partition coefficient (Wildman–Crippen LogP) is 2.80. The second kappa shape index (κ2) is 8.26. The first-order valence-corrected chi connectivity index (χ1v) is 6.52. The van der Waals surface area contributed by atoms with Crippen molar-refractivity contribution in [3.05, 3.63) is 35.4 Å². The van der Waals surface area contributed by atoms with Gasteiger partial charge >= 0.3 is 0 Å². The van der Waals surface area contributed by atoms with Crippen LogP contribution in [0.1, 0.15) is 24.5 Å². The van der Waals surface area contributed by atoms with Crippen LogP contribution in [-0.4, -0.2) is 26.8 Å². The van der Waals surface area contributed by atoms with Crippen LogP contribution in [0.25, 0.3) is 0 Å². The summed E-state index contributed by atoms with van der Waals surface area (Å²) in [6.07, 6.45) is 2.26.